The maximum Gasteiger partial charge on any atom is 0.416 e. The summed E-state index contributed by atoms with van der Waals surface area (Å²) < 4.78 is 38.6. The monoisotopic (exact) mass is 377 g/mol. The van der Waals surface area contributed by atoms with Crippen molar-refractivity contribution in [1.29, 1.82) is 0 Å². The number of anilines is 2. The Labute approximate surface area is 156 Å². The third-order valence-corrected chi connectivity index (χ3v) is 4.81. The molecule has 7 heteroatoms. The van der Waals surface area contributed by atoms with Gasteiger partial charge in [-0.05, 0) is 42.3 Å². The zero-order valence-corrected chi connectivity index (χ0v) is 14.9. The highest BCUT2D eigenvalue weighted by Crippen LogP contribution is 2.31. The van der Waals surface area contributed by atoms with E-state index in [1.54, 1.807) is 6.07 Å². The van der Waals surface area contributed by atoms with Gasteiger partial charge in [0.15, 0.2) is 0 Å². The summed E-state index contributed by atoms with van der Waals surface area (Å²) in [5, 5.41) is 2.61. The molecule has 0 atom stereocenters. The summed E-state index contributed by atoms with van der Waals surface area (Å²) in [7, 11) is 0. The van der Waals surface area contributed by atoms with E-state index in [4.69, 9.17) is 0 Å². The van der Waals surface area contributed by atoms with Crippen molar-refractivity contribution in [2.45, 2.75) is 12.6 Å². The topological polar surface area (TPSA) is 35.6 Å². The number of benzene rings is 2. The molecule has 0 saturated carbocycles. The highest BCUT2D eigenvalue weighted by Gasteiger charge is 2.31. The molecule has 1 amide bonds. The van der Waals surface area contributed by atoms with Crippen molar-refractivity contribution in [3.05, 3.63) is 59.7 Å². The van der Waals surface area contributed by atoms with Crippen LogP contribution in [0, 0.1) is 0 Å². The second kappa shape index (κ2) is 8.43. The molecule has 1 fully saturated rings. The minimum absolute atomic E-state index is 0.602. The number of hydrogen-bond donors (Lipinski definition) is 1. The van der Waals surface area contributed by atoms with Crippen molar-refractivity contribution in [3.63, 3.8) is 0 Å². The number of alkyl halides is 3. The van der Waals surface area contributed by atoms with Crippen molar-refractivity contribution < 1.29 is 18.0 Å². The number of carbonyl (C=O) groups is 1. The van der Waals surface area contributed by atoms with Gasteiger partial charge in [0.05, 0.1) is 5.56 Å². The number of hydrogen-bond acceptors (Lipinski definition) is 3. The third-order valence-electron chi connectivity index (χ3n) is 4.81. The molecule has 1 heterocycles. The Morgan fingerprint density at radius 2 is 1.70 bits per heavy atom. The van der Waals surface area contributed by atoms with Gasteiger partial charge in [-0.1, -0.05) is 18.2 Å². The van der Waals surface area contributed by atoms with E-state index in [2.05, 4.69) is 10.2 Å². The van der Waals surface area contributed by atoms with Gasteiger partial charge in [0.1, 0.15) is 0 Å². The molecule has 1 saturated heterocycles. The predicted octanol–water partition coefficient (Wildman–Crippen LogP) is 3.64. The molecule has 2 aromatic rings. The maximum absolute atomic E-state index is 12.9. The SMILES string of the molecule is O=CNc1ccc(CCN2CCN(c3cccc(C(F)(F)F)c3)CC2)cc1. The average molecular weight is 377 g/mol. The number of nitrogens with one attached hydrogen (secondary N) is 1. The van der Waals surface area contributed by atoms with Crippen LogP contribution >= 0.6 is 0 Å². The first-order valence-electron chi connectivity index (χ1n) is 8.89. The number of carbonyl (C=O) groups excluding carboxylic acids is 1. The normalized spacial score (nSPS) is 15.6. The van der Waals surface area contributed by atoms with E-state index in [1.807, 2.05) is 29.2 Å². The number of piperazine rings is 1. The predicted molar refractivity (Wildman–Crippen MR) is 99.9 cm³/mol. The van der Waals surface area contributed by atoms with E-state index >= 15 is 0 Å². The summed E-state index contributed by atoms with van der Waals surface area (Å²) in [6.45, 7) is 3.96. The van der Waals surface area contributed by atoms with Gasteiger partial charge in [-0.25, -0.2) is 0 Å². The van der Waals surface area contributed by atoms with Crippen LogP contribution in [0.2, 0.25) is 0 Å². The first-order chi connectivity index (χ1) is 13.0. The van der Waals surface area contributed by atoms with E-state index in [-0.39, 0.29) is 0 Å². The van der Waals surface area contributed by atoms with E-state index in [0.29, 0.717) is 25.2 Å². The van der Waals surface area contributed by atoms with Crippen LogP contribution in [0.3, 0.4) is 0 Å². The summed E-state index contributed by atoms with van der Waals surface area (Å²) in [5.74, 6) is 0. The van der Waals surface area contributed by atoms with Crippen molar-refractivity contribution in [2.24, 2.45) is 0 Å². The second-order valence-electron chi connectivity index (χ2n) is 6.59. The Balaban J connectivity index is 1.49. The largest absolute Gasteiger partial charge is 0.416 e. The quantitative estimate of drug-likeness (QED) is 0.781. The Morgan fingerprint density at radius 3 is 2.33 bits per heavy atom. The lowest BCUT2D eigenvalue weighted by Gasteiger charge is -2.36. The van der Waals surface area contributed by atoms with Crippen LogP contribution in [-0.4, -0.2) is 44.0 Å². The second-order valence-corrected chi connectivity index (χ2v) is 6.59. The molecule has 27 heavy (non-hydrogen) atoms. The molecule has 1 aliphatic heterocycles. The van der Waals surface area contributed by atoms with E-state index in [9.17, 15) is 18.0 Å². The fourth-order valence-corrected chi connectivity index (χ4v) is 3.23. The molecule has 0 radical (unpaired) electrons. The summed E-state index contributed by atoms with van der Waals surface area (Å²) in [5.41, 5.74) is 1.98. The van der Waals surface area contributed by atoms with Crippen molar-refractivity contribution in [3.8, 4) is 0 Å². The molecule has 144 valence electrons. The van der Waals surface area contributed by atoms with Gasteiger partial charge in [-0.2, -0.15) is 13.2 Å². The van der Waals surface area contributed by atoms with Gasteiger partial charge in [0.25, 0.3) is 0 Å². The molecule has 4 nitrogen and oxygen atoms in total. The van der Waals surface area contributed by atoms with Crippen molar-refractivity contribution >= 4 is 17.8 Å². The van der Waals surface area contributed by atoms with Crippen LogP contribution in [-0.2, 0) is 17.4 Å². The molecule has 1 N–H and O–H groups in total. The maximum atomic E-state index is 12.9. The molecule has 0 bridgehead atoms. The van der Waals surface area contributed by atoms with E-state index in [1.165, 1.54) is 17.7 Å². The minimum Gasteiger partial charge on any atom is -0.369 e. The van der Waals surface area contributed by atoms with Crippen molar-refractivity contribution in [1.82, 2.24) is 4.90 Å². The highest BCUT2D eigenvalue weighted by atomic mass is 19.4. The summed E-state index contributed by atoms with van der Waals surface area (Å²) >= 11 is 0. The van der Waals surface area contributed by atoms with Crippen LogP contribution in [0.4, 0.5) is 24.5 Å². The average Bonchev–Trinajstić information content (AvgIpc) is 2.68. The van der Waals surface area contributed by atoms with Crippen LogP contribution in [0.25, 0.3) is 0 Å². The van der Waals surface area contributed by atoms with E-state index < -0.39 is 11.7 Å². The van der Waals surface area contributed by atoms with Gasteiger partial charge >= 0.3 is 6.18 Å². The van der Waals surface area contributed by atoms with Gasteiger partial charge in [0.2, 0.25) is 6.41 Å². The molecule has 3 rings (SSSR count). The Kier molecular flexibility index (Phi) is 6.01. The van der Waals surface area contributed by atoms with Crippen LogP contribution < -0.4 is 10.2 Å². The van der Waals surface area contributed by atoms with Crippen molar-refractivity contribution in [2.75, 3.05) is 42.9 Å². The van der Waals surface area contributed by atoms with Crippen LogP contribution in [0.1, 0.15) is 11.1 Å². The molecule has 0 aliphatic carbocycles. The molecular weight excluding hydrogens is 355 g/mol. The smallest absolute Gasteiger partial charge is 0.369 e. The number of halogens is 3. The zero-order chi connectivity index (χ0) is 19.3. The van der Waals surface area contributed by atoms with Gasteiger partial charge < -0.3 is 10.2 Å². The summed E-state index contributed by atoms with van der Waals surface area (Å²) in [6.07, 6.45) is -2.77. The lowest BCUT2D eigenvalue weighted by atomic mass is 10.1. The highest BCUT2D eigenvalue weighted by molar-refractivity contribution is 5.71. The Morgan fingerprint density at radius 1 is 1.00 bits per heavy atom. The Bertz CT molecular complexity index is 754. The first kappa shape index (κ1) is 19.2. The summed E-state index contributed by atoms with van der Waals surface area (Å²) in [4.78, 5) is 14.7. The van der Waals surface area contributed by atoms with Gasteiger partial charge in [-0.3, -0.25) is 9.69 Å². The van der Waals surface area contributed by atoms with Crippen LogP contribution in [0.15, 0.2) is 48.5 Å². The number of amides is 1. The minimum atomic E-state index is -4.31. The molecule has 2 aromatic carbocycles. The van der Waals surface area contributed by atoms with Gasteiger partial charge in [0, 0.05) is 44.1 Å². The molecule has 0 aromatic heterocycles. The number of rotatable bonds is 6. The zero-order valence-electron chi connectivity index (χ0n) is 14.9. The summed E-state index contributed by atoms with van der Waals surface area (Å²) in [6, 6.07) is 13.3. The standard InChI is InChI=1S/C20H22F3N3O/c21-20(22,23)17-2-1-3-19(14-17)26-12-10-25(11-13-26)9-8-16-4-6-18(7-5-16)24-15-27/h1-7,14-15H,8-13H2,(H,24,27). The van der Waals surface area contributed by atoms with Crippen LogP contribution in [0.5, 0.6) is 0 Å². The Hall–Kier alpha value is -2.54. The molecular formula is C20H22F3N3O. The first-order valence-corrected chi connectivity index (χ1v) is 8.89. The lowest BCUT2D eigenvalue weighted by molar-refractivity contribution is -0.137. The fraction of sp³-hybridized carbons (Fsp3) is 0.350. The lowest BCUT2D eigenvalue weighted by Crippen LogP contribution is -2.47. The third kappa shape index (κ3) is 5.23. The molecule has 0 unspecified atom stereocenters. The van der Waals surface area contributed by atoms with Gasteiger partial charge in [-0.15, -0.1) is 0 Å². The fourth-order valence-electron chi connectivity index (χ4n) is 3.23. The number of nitrogens with zero attached hydrogens (tertiary/aromatic N) is 2. The molecule has 1 aliphatic rings. The molecule has 0 spiro atoms. The van der Waals surface area contributed by atoms with E-state index in [0.717, 1.165) is 37.8 Å².